The number of carbonyl (C=O) groups is 1. The summed E-state index contributed by atoms with van der Waals surface area (Å²) >= 11 is 3.38. The summed E-state index contributed by atoms with van der Waals surface area (Å²) in [6.45, 7) is 2.39. The standard InChI is InChI=1S/C20H23BrN2O4S/c1-14-11-18(8-9-19(14)27-2)28(25,26)23-10-4-5-15(13-23)20(24)22-17-7-3-6-16(21)12-17/h3,6-9,11-12,15H,4-5,10,13H2,1-2H3,(H,22,24)/t15-/m0/s1. The number of hydrogen-bond donors (Lipinski definition) is 1. The Morgan fingerprint density at radius 3 is 2.71 bits per heavy atom. The highest BCUT2D eigenvalue weighted by molar-refractivity contribution is 9.10. The Bertz CT molecular complexity index is 978. The van der Waals surface area contributed by atoms with Crippen LogP contribution in [0.5, 0.6) is 5.75 Å². The molecule has 1 aliphatic rings. The van der Waals surface area contributed by atoms with Gasteiger partial charge in [0.2, 0.25) is 15.9 Å². The number of carbonyl (C=O) groups excluding carboxylic acids is 1. The molecule has 150 valence electrons. The predicted octanol–water partition coefficient (Wildman–Crippen LogP) is 3.81. The monoisotopic (exact) mass is 466 g/mol. The molecule has 0 saturated carbocycles. The van der Waals surface area contributed by atoms with Crippen molar-refractivity contribution in [3.63, 3.8) is 0 Å². The van der Waals surface area contributed by atoms with Gasteiger partial charge in [-0.2, -0.15) is 4.31 Å². The molecule has 0 bridgehead atoms. The van der Waals surface area contributed by atoms with E-state index in [-0.39, 0.29) is 23.3 Å². The molecule has 1 fully saturated rings. The maximum atomic E-state index is 13.1. The summed E-state index contributed by atoms with van der Waals surface area (Å²) < 4.78 is 33.6. The quantitative estimate of drug-likeness (QED) is 0.726. The first-order valence-corrected chi connectivity index (χ1v) is 11.3. The number of rotatable bonds is 5. The molecule has 2 aromatic carbocycles. The highest BCUT2D eigenvalue weighted by Crippen LogP contribution is 2.28. The first-order valence-electron chi connectivity index (χ1n) is 9.02. The highest BCUT2D eigenvalue weighted by atomic mass is 79.9. The Hall–Kier alpha value is -1.90. The van der Waals surface area contributed by atoms with E-state index in [0.29, 0.717) is 30.8 Å². The third kappa shape index (κ3) is 4.56. The Balaban J connectivity index is 1.74. The van der Waals surface area contributed by atoms with Crippen LogP contribution in [-0.4, -0.2) is 38.8 Å². The van der Waals surface area contributed by atoms with Gasteiger partial charge in [-0.15, -0.1) is 0 Å². The summed E-state index contributed by atoms with van der Waals surface area (Å²) in [7, 11) is -2.11. The number of piperidine rings is 1. The van der Waals surface area contributed by atoms with Gasteiger partial charge in [0, 0.05) is 23.2 Å². The van der Waals surface area contributed by atoms with Gasteiger partial charge >= 0.3 is 0 Å². The molecule has 1 N–H and O–H groups in total. The molecule has 8 heteroatoms. The van der Waals surface area contributed by atoms with Crippen molar-refractivity contribution in [2.45, 2.75) is 24.7 Å². The largest absolute Gasteiger partial charge is 0.496 e. The van der Waals surface area contributed by atoms with Crippen LogP contribution in [0, 0.1) is 12.8 Å². The minimum Gasteiger partial charge on any atom is -0.496 e. The van der Waals surface area contributed by atoms with Gasteiger partial charge in [0.1, 0.15) is 5.75 Å². The fraction of sp³-hybridized carbons (Fsp3) is 0.350. The van der Waals surface area contributed by atoms with Gasteiger partial charge in [-0.3, -0.25) is 4.79 Å². The minimum absolute atomic E-state index is 0.163. The third-order valence-corrected chi connectivity index (χ3v) is 7.21. The highest BCUT2D eigenvalue weighted by Gasteiger charge is 2.33. The smallest absolute Gasteiger partial charge is 0.243 e. The van der Waals surface area contributed by atoms with Crippen molar-refractivity contribution in [2.24, 2.45) is 5.92 Å². The number of nitrogens with zero attached hydrogens (tertiary/aromatic N) is 1. The van der Waals surface area contributed by atoms with Gasteiger partial charge in [-0.25, -0.2) is 8.42 Å². The van der Waals surface area contributed by atoms with Crippen LogP contribution in [0.25, 0.3) is 0 Å². The molecule has 3 rings (SSSR count). The van der Waals surface area contributed by atoms with Gasteiger partial charge in [0.25, 0.3) is 0 Å². The number of nitrogens with one attached hydrogen (secondary N) is 1. The maximum Gasteiger partial charge on any atom is 0.243 e. The number of aryl methyl sites for hydroxylation is 1. The van der Waals surface area contributed by atoms with E-state index in [4.69, 9.17) is 4.74 Å². The summed E-state index contributed by atoms with van der Waals surface area (Å²) in [4.78, 5) is 12.9. The summed E-state index contributed by atoms with van der Waals surface area (Å²) in [5.41, 5.74) is 1.44. The molecule has 1 saturated heterocycles. The number of halogens is 1. The Labute approximate surface area is 174 Å². The van der Waals surface area contributed by atoms with E-state index >= 15 is 0 Å². The summed E-state index contributed by atoms with van der Waals surface area (Å²) in [5, 5.41) is 2.88. The number of hydrogen-bond acceptors (Lipinski definition) is 4. The molecule has 0 aliphatic carbocycles. The zero-order valence-electron chi connectivity index (χ0n) is 15.8. The van der Waals surface area contributed by atoms with E-state index in [9.17, 15) is 13.2 Å². The van der Waals surface area contributed by atoms with Crippen LogP contribution >= 0.6 is 15.9 Å². The number of amides is 1. The average molecular weight is 467 g/mol. The number of ether oxygens (including phenoxy) is 1. The average Bonchev–Trinajstić information content (AvgIpc) is 2.68. The molecule has 1 amide bonds. The van der Waals surface area contributed by atoms with Crippen molar-refractivity contribution in [2.75, 3.05) is 25.5 Å². The number of methoxy groups -OCH3 is 1. The van der Waals surface area contributed by atoms with Crippen molar-refractivity contribution in [3.05, 3.63) is 52.5 Å². The lowest BCUT2D eigenvalue weighted by Crippen LogP contribution is -2.43. The van der Waals surface area contributed by atoms with Crippen molar-refractivity contribution in [1.82, 2.24) is 4.31 Å². The Kier molecular flexibility index (Phi) is 6.42. The van der Waals surface area contributed by atoms with E-state index in [2.05, 4.69) is 21.2 Å². The zero-order valence-corrected chi connectivity index (χ0v) is 18.2. The van der Waals surface area contributed by atoms with Gasteiger partial charge in [-0.1, -0.05) is 22.0 Å². The van der Waals surface area contributed by atoms with Crippen LogP contribution < -0.4 is 10.1 Å². The molecule has 0 unspecified atom stereocenters. The lowest BCUT2D eigenvalue weighted by Gasteiger charge is -2.31. The maximum absolute atomic E-state index is 13.1. The Morgan fingerprint density at radius 1 is 1.25 bits per heavy atom. The van der Waals surface area contributed by atoms with Gasteiger partial charge < -0.3 is 10.1 Å². The van der Waals surface area contributed by atoms with Crippen LogP contribution in [0.3, 0.4) is 0 Å². The zero-order chi connectivity index (χ0) is 20.3. The molecule has 28 heavy (non-hydrogen) atoms. The van der Waals surface area contributed by atoms with E-state index in [0.717, 1.165) is 10.0 Å². The number of benzene rings is 2. The molecular formula is C20H23BrN2O4S. The van der Waals surface area contributed by atoms with Crippen LogP contribution in [0.1, 0.15) is 18.4 Å². The summed E-state index contributed by atoms with van der Waals surface area (Å²) in [5.74, 6) is 0.0923. The molecule has 0 radical (unpaired) electrons. The van der Waals surface area contributed by atoms with E-state index < -0.39 is 10.0 Å². The van der Waals surface area contributed by atoms with E-state index in [1.165, 1.54) is 4.31 Å². The van der Waals surface area contributed by atoms with Crippen LogP contribution in [0.2, 0.25) is 0 Å². The molecule has 1 atom stereocenters. The number of anilines is 1. The second-order valence-corrected chi connectivity index (χ2v) is 9.69. The molecule has 2 aromatic rings. The molecule has 1 heterocycles. The lowest BCUT2D eigenvalue weighted by molar-refractivity contribution is -0.120. The normalized spacial score (nSPS) is 17.9. The Morgan fingerprint density at radius 2 is 2.04 bits per heavy atom. The van der Waals surface area contributed by atoms with E-state index in [1.807, 2.05) is 25.1 Å². The minimum atomic E-state index is -3.67. The lowest BCUT2D eigenvalue weighted by atomic mass is 9.99. The molecule has 1 aliphatic heterocycles. The third-order valence-electron chi connectivity index (χ3n) is 4.85. The van der Waals surface area contributed by atoms with Crippen LogP contribution in [-0.2, 0) is 14.8 Å². The molecule has 0 aromatic heterocycles. The summed E-state index contributed by atoms with van der Waals surface area (Å²) in [6, 6.07) is 12.1. The number of sulfonamides is 1. The van der Waals surface area contributed by atoms with Crippen molar-refractivity contribution < 1.29 is 17.9 Å². The predicted molar refractivity (Wildman–Crippen MR) is 112 cm³/mol. The van der Waals surface area contributed by atoms with Crippen molar-refractivity contribution in [3.8, 4) is 5.75 Å². The van der Waals surface area contributed by atoms with Gasteiger partial charge in [-0.05, 0) is 61.7 Å². The van der Waals surface area contributed by atoms with Gasteiger partial charge in [0.15, 0.2) is 0 Å². The second kappa shape index (κ2) is 8.63. The molecule has 6 nitrogen and oxygen atoms in total. The van der Waals surface area contributed by atoms with Crippen molar-refractivity contribution >= 4 is 37.5 Å². The topological polar surface area (TPSA) is 75.7 Å². The summed E-state index contributed by atoms with van der Waals surface area (Å²) in [6.07, 6.45) is 1.30. The SMILES string of the molecule is COc1ccc(S(=O)(=O)N2CCC[C@H](C(=O)Nc3cccc(Br)c3)C2)cc1C. The second-order valence-electron chi connectivity index (χ2n) is 6.83. The molecule has 0 spiro atoms. The first kappa shape index (κ1) is 20.8. The van der Waals surface area contributed by atoms with E-state index in [1.54, 1.807) is 31.4 Å². The fourth-order valence-electron chi connectivity index (χ4n) is 3.35. The van der Waals surface area contributed by atoms with Crippen LogP contribution in [0.15, 0.2) is 51.8 Å². The fourth-order valence-corrected chi connectivity index (χ4v) is 5.35. The van der Waals surface area contributed by atoms with Crippen molar-refractivity contribution in [1.29, 1.82) is 0 Å². The first-order chi connectivity index (χ1) is 13.3. The van der Waals surface area contributed by atoms with Gasteiger partial charge in [0.05, 0.1) is 17.9 Å². The molecular weight excluding hydrogens is 444 g/mol. The van der Waals surface area contributed by atoms with Crippen LogP contribution in [0.4, 0.5) is 5.69 Å².